The van der Waals surface area contributed by atoms with Crippen LogP contribution in [0.1, 0.15) is 29.7 Å². The second kappa shape index (κ2) is 13.1. The minimum atomic E-state index is -0.860. The Morgan fingerprint density at radius 1 is 1.07 bits per heavy atom. The van der Waals surface area contributed by atoms with E-state index in [0.717, 1.165) is 5.56 Å². The Morgan fingerprint density at radius 2 is 1.81 bits per heavy atom. The second-order valence-corrected chi connectivity index (χ2v) is 11.0. The second-order valence-electron chi connectivity index (χ2n) is 9.18. The molecule has 1 aliphatic heterocycles. The van der Waals surface area contributed by atoms with E-state index >= 15 is 0 Å². The number of nitrogens with zero attached hydrogens (tertiary/aromatic N) is 3. The summed E-state index contributed by atoms with van der Waals surface area (Å²) in [5.74, 6) is 0.903. The largest absolute Gasteiger partial charge is 0.493 e. The zero-order chi connectivity index (χ0) is 30.5. The number of carbonyl (C=O) groups excluding carboxylic acids is 1. The van der Waals surface area contributed by atoms with Crippen molar-refractivity contribution in [1.82, 2.24) is 4.57 Å². The average Bonchev–Trinajstić information content (AvgIpc) is 3.34. The highest BCUT2D eigenvalue weighted by molar-refractivity contribution is 9.10. The monoisotopic (exact) mass is 659 g/mol. The Labute approximate surface area is 259 Å². The van der Waals surface area contributed by atoms with Crippen LogP contribution in [-0.4, -0.2) is 38.0 Å². The minimum absolute atomic E-state index is 0.0841. The van der Waals surface area contributed by atoms with Crippen molar-refractivity contribution in [3.8, 4) is 23.3 Å². The van der Waals surface area contributed by atoms with Crippen LogP contribution in [0.25, 0.3) is 11.8 Å². The Kier molecular flexibility index (Phi) is 9.09. The van der Waals surface area contributed by atoms with Crippen LogP contribution >= 0.6 is 27.3 Å². The number of fused-ring (bicyclic) bond motifs is 1. The molecule has 2 heterocycles. The first-order valence-electron chi connectivity index (χ1n) is 13.2. The SMILES string of the molecule is CCOC(=O)C1=C(c2ccccc2)N=c2s/c(=C\c3ccc(OCC#N)c(Br)c3)c(=O)n2[C@@H]1c1ccc(OC)c(OC)c1. The van der Waals surface area contributed by atoms with Gasteiger partial charge >= 0.3 is 5.97 Å². The molecule has 218 valence electrons. The van der Waals surface area contributed by atoms with Gasteiger partial charge in [-0.15, -0.1) is 0 Å². The van der Waals surface area contributed by atoms with Crippen molar-refractivity contribution < 1.29 is 23.7 Å². The first kappa shape index (κ1) is 29.8. The predicted molar refractivity (Wildman–Crippen MR) is 166 cm³/mol. The molecule has 1 aromatic heterocycles. The summed E-state index contributed by atoms with van der Waals surface area (Å²) in [4.78, 5) is 33.1. The molecule has 0 spiro atoms. The molecule has 0 unspecified atom stereocenters. The number of benzene rings is 3. The van der Waals surface area contributed by atoms with Crippen LogP contribution in [0.4, 0.5) is 0 Å². The summed E-state index contributed by atoms with van der Waals surface area (Å²) in [5, 5.41) is 8.83. The topological polar surface area (TPSA) is 112 Å². The molecule has 4 aromatic rings. The molecule has 9 nitrogen and oxygen atoms in total. The van der Waals surface area contributed by atoms with Crippen molar-refractivity contribution in [1.29, 1.82) is 5.26 Å². The van der Waals surface area contributed by atoms with E-state index < -0.39 is 12.0 Å². The average molecular weight is 661 g/mol. The summed E-state index contributed by atoms with van der Waals surface area (Å²) in [6.45, 7) is 1.80. The predicted octanol–water partition coefficient (Wildman–Crippen LogP) is 4.62. The third kappa shape index (κ3) is 5.98. The Bertz CT molecular complexity index is 1940. The van der Waals surface area contributed by atoms with E-state index in [1.165, 1.54) is 23.0 Å². The number of halogens is 1. The van der Waals surface area contributed by atoms with E-state index in [1.54, 1.807) is 56.5 Å². The summed E-state index contributed by atoms with van der Waals surface area (Å²) < 4.78 is 24.5. The number of thiazole rings is 1. The molecule has 0 amide bonds. The maximum atomic E-state index is 14.1. The lowest BCUT2D eigenvalue weighted by molar-refractivity contribution is -0.138. The zero-order valence-corrected chi connectivity index (χ0v) is 25.9. The van der Waals surface area contributed by atoms with Gasteiger partial charge in [0.15, 0.2) is 22.9 Å². The van der Waals surface area contributed by atoms with Gasteiger partial charge in [-0.05, 0) is 64.3 Å². The van der Waals surface area contributed by atoms with Gasteiger partial charge in [0.25, 0.3) is 5.56 Å². The molecule has 5 rings (SSSR count). The summed E-state index contributed by atoms with van der Waals surface area (Å²) in [7, 11) is 3.07. The Morgan fingerprint density at radius 3 is 2.49 bits per heavy atom. The van der Waals surface area contributed by atoms with E-state index in [2.05, 4.69) is 15.9 Å². The highest BCUT2D eigenvalue weighted by Gasteiger charge is 2.35. The fraction of sp³-hybridized carbons (Fsp3) is 0.188. The Balaban J connectivity index is 1.78. The van der Waals surface area contributed by atoms with Gasteiger partial charge in [-0.2, -0.15) is 5.26 Å². The van der Waals surface area contributed by atoms with Gasteiger partial charge < -0.3 is 18.9 Å². The van der Waals surface area contributed by atoms with Crippen molar-refractivity contribution in [2.45, 2.75) is 13.0 Å². The molecule has 0 saturated carbocycles. The molecule has 0 radical (unpaired) electrons. The fourth-order valence-corrected chi connectivity index (χ4v) is 6.28. The highest BCUT2D eigenvalue weighted by atomic mass is 79.9. The van der Waals surface area contributed by atoms with Crippen molar-refractivity contribution in [3.05, 3.63) is 113 Å². The van der Waals surface area contributed by atoms with Crippen LogP contribution in [0.3, 0.4) is 0 Å². The first-order valence-corrected chi connectivity index (χ1v) is 14.8. The number of nitriles is 1. The lowest BCUT2D eigenvalue weighted by Crippen LogP contribution is -2.40. The van der Waals surface area contributed by atoms with Crippen LogP contribution in [0.5, 0.6) is 17.2 Å². The van der Waals surface area contributed by atoms with E-state index in [9.17, 15) is 9.59 Å². The maximum Gasteiger partial charge on any atom is 0.338 e. The molecule has 1 atom stereocenters. The molecule has 0 saturated heterocycles. The summed E-state index contributed by atoms with van der Waals surface area (Å²) >= 11 is 4.69. The third-order valence-corrected chi connectivity index (χ3v) is 8.25. The molecule has 0 N–H and O–H groups in total. The fourth-order valence-electron chi connectivity index (χ4n) is 4.76. The van der Waals surface area contributed by atoms with Crippen molar-refractivity contribution >= 4 is 45.0 Å². The molecular formula is C32H26BrN3O6S. The standard InChI is InChI=1S/C32H26BrN3O6S/c1-4-41-31(38)27-28(20-8-6-5-7-9-20)35-32-36(29(27)21-11-13-24(39-2)25(18-21)40-3)30(37)26(43-32)17-19-10-12-23(22(33)16-19)42-15-14-34/h5-13,16-18,29H,4,15H2,1-3H3/b26-17-/t29-/m1/s1. The highest BCUT2D eigenvalue weighted by Crippen LogP contribution is 2.38. The molecule has 0 bridgehead atoms. The summed E-state index contributed by atoms with van der Waals surface area (Å²) in [5.41, 5.74) is 2.41. The third-order valence-electron chi connectivity index (χ3n) is 6.64. The molecule has 3 aromatic carbocycles. The number of ether oxygens (including phenoxy) is 4. The van der Waals surface area contributed by atoms with Crippen LogP contribution in [0, 0.1) is 11.3 Å². The number of esters is 1. The van der Waals surface area contributed by atoms with Gasteiger partial charge in [-0.1, -0.05) is 53.8 Å². The van der Waals surface area contributed by atoms with E-state index in [4.69, 9.17) is 29.2 Å². The summed E-state index contributed by atoms with van der Waals surface area (Å²) in [6.07, 6.45) is 1.75. The van der Waals surface area contributed by atoms with E-state index in [1.807, 2.05) is 36.4 Å². The number of methoxy groups -OCH3 is 2. The van der Waals surface area contributed by atoms with Gasteiger partial charge in [-0.3, -0.25) is 9.36 Å². The molecule has 43 heavy (non-hydrogen) atoms. The zero-order valence-electron chi connectivity index (χ0n) is 23.5. The minimum Gasteiger partial charge on any atom is -0.493 e. The molecule has 1 aliphatic rings. The van der Waals surface area contributed by atoms with Crippen molar-refractivity contribution in [2.75, 3.05) is 27.4 Å². The maximum absolute atomic E-state index is 14.1. The van der Waals surface area contributed by atoms with Crippen molar-refractivity contribution in [2.24, 2.45) is 4.99 Å². The normalized spacial score (nSPS) is 14.4. The number of aromatic nitrogens is 1. The number of hydrogen-bond acceptors (Lipinski definition) is 9. The number of rotatable bonds is 9. The first-order chi connectivity index (χ1) is 20.9. The Hall–Kier alpha value is -4.66. The van der Waals surface area contributed by atoms with Crippen molar-refractivity contribution in [3.63, 3.8) is 0 Å². The smallest absolute Gasteiger partial charge is 0.338 e. The van der Waals surface area contributed by atoms with Gasteiger partial charge in [0, 0.05) is 5.56 Å². The van der Waals surface area contributed by atoms with Gasteiger partial charge in [0.1, 0.15) is 11.8 Å². The molecular weight excluding hydrogens is 634 g/mol. The van der Waals surface area contributed by atoms with E-state index in [-0.39, 0.29) is 24.3 Å². The molecule has 0 aliphatic carbocycles. The quantitative estimate of drug-likeness (QED) is 0.241. The van der Waals surface area contributed by atoms with Crippen LogP contribution in [-0.2, 0) is 9.53 Å². The lowest BCUT2D eigenvalue weighted by Gasteiger charge is -2.26. The van der Waals surface area contributed by atoms with Crippen LogP contribution < -0.4 is 29.1 Å². The van der Waals surface area contributed by atoms with Gasteiger partial charge in [0.2, 0.25) is 0 Å². The molecule has 11 heteroatoms. The lowest BCUT2D eigenvalue weighted by atomic mass is 9.93. The van der Waals surface area contributed by atoms with E-state index in [0.29, 0.717) is 47.9 Å². The van der Waals surface area contributed by atoms with Crippen LogP contribution in [0.2, 0.25) is 0 Å². The molecule has 0 fully saturated rings. The number of hydrogen-bond donors (Lipinski definition) is 0. The number of carbonyl (C=O) groups is 1. The summed E-state index contributed by atoms with van der Waals surface area (Å²) in [6, 6.07) is 21.0. The van der Waals surface area contributed by atoms with Gasteiger partial charge in [-0.25, -0.2) is 9.79 Å². The van der Waals surface area contributed by atoms with Gasteiger partial charge in [0.05, 0.1) is 47.1 Å². The van der Waals surface area contributed by atoms with Crippen LogP contribution in [0.15, 0.2) is 86.6 Å².